The predicted molar refractivity (Wildman–Crippen MR) is 131 cm³/mol. The summed E-state index contributed by atoms with van der Waals surface area (Å²) in [5.41, 5.74) is 6.77. The van der Waals surface area contributed by atoms with Crippen LogP contribution in [0.1, 0.15) is 48.6 Å². The van der Waals surface area contributed by atoms with Gasteiger partial charge in [-0.1, -0.05) is 62.4 Å². The molecule has 3 aromatic rings. The van der Waals surface area contributed by atoms with Crippen molar-refractivity contribution < 1.29 is 9.47 Å². The molecule has 0 spiro atoms. The molecule has 4 rings (SSSR count). The third-order valence-electron chi connectivity index (χ3n) is 6.07. The number of benzene rings is 3. The first-order valence-electron chi connectivity index (χ1n) is 11.4. The summed E-state index contributed by atoms with van der Waals surface area (Å²) in [5.74, 6) is 0.830. The molecule has 0 aliphatic carbocycles. The smallest absolute Gasteiger partial charge is 0.119 e. The number of nitrogens with zero attached hydrogens (tertiary/aromatic N) is 2. The zero-order valence-corrected chi connectivity index (χ0v) is 19.3. The minimum Gasteiger partial charge on any atom is -0.497 e. The lowest BCUT2D eigenvalue weighted by atomic mass is 9.93. The number of hydrogen-bond acceptors (Lipinski definition) is 4. The van der Waals surface area contributed by atoms with Gasteiger partial charge in [-0.2, -0.15) is 0 Å². The highest BCUT2D eigenvalue weighted by atomic mass is 16.5. The fraction of sp³-hybridized carbons (Fsp3) is 0.321. The van der Waals surface area contributed by atoms with Crippen molar-refractivity contribution in [1.29, 1.82) is 0 Å². The van der Waals surface area contributed by atoms with Gasteiger partial charge in [0.1, 0.15) is 5.75 Å². The molecule has 1 aliphatic rings. The van der Waals surface area contributed by atoms with E-state index < -0.39 is 0 Å². The summed E-state index contributed by atoms with van der Waals surface area (Å²) in [7, 11) is 1.69. The topological polar surface area (TPSA) is 34.1 Å². The van der Waals surface area contributed by atoms with Gasteiger partial charge in [-0.05, 0) is 54.0 Å². The monoisotopic (exact) mass is 428 g/mol. The van der Waals surface area contributed by atoms with Crippen LogP contribution in [0.3, 0.4) is 0 Å². The SMILES string of the molecule is CCN(CC)Cc1cccc(C2=Nc3ccc(OC)cc3C(OCc3ccccc3)C2)c1. The second-order valence-corrected chi connectivity index (χ2v) is 8.13. The van der Waals surface area contributed by atoms with Crippen LogP contribution < -0.4 is 4.74 Å². The Morgan fingerprint density at radius 3 is 2.44 bits per heavy atom. The summed E-state index contributed by atoms with van der Waals surface area (Å²) in [6, 6.07) is 25.2. The van der Waals surface area contributed by atoms with Crippen LogP contribution in [0.4, 0.5) is 5.69 Å². The van der Waals surface area contributed by atoms with Crippen molar-refractivity contribution in [3.8, 4) is 5.75 Å². The maximum Gasteiger partial charge on any atom is 0.119 e. The number of rotatable bonds is 9. The Morgan fingerprint density at radius 1 is 0.906 bits per heavy atom. The molecule has 1 atom stereocenters. The second kappa shape index (κ2) is 10.6. The Bertz CT molecular complexity index is 1060. The molecule has 0 fully saturated rings. The fourth-order valence-electron chi connectivity index (χ4n) is 4.15. The van der Waals surface area contributed by atoms with Gasteiger partial charge in [0.05, 0.1) is 31.2 Å². The summed E-state index contributed by atoms with van der Waals surface area (Å²) in [6.45, 7) is 8.03. The van der Waals surface area contributed by atoms with Crippen molar-refractivity contribution in [3.63, 3.8) is 0 Å². The molecule has 1 aliphatic heterocycles. The highest BCUT2D eigenvalue weighted by Gasteiger charge is 2.25. The van der Waals surface area contributed by atoms with Crippen molar-refractivity contribution in [2.75, 3.05) is 20.2 Å². The van der Waals surface area contributed by atoms with E-state index in [0.717, 1.165) is 48.8 Å². The van der Waals surface area contributed by atoms with Gasteiger partial charge in [0.25, 0.3) is 0 Å². The molecule has 166 valence electrons. The Balaban J connectivity index is 1.62. The normalized spacial score (nSPS) is 15.4. The van der Waals surface area contributed by atoms with Crippen molar-refractivity contribution in [2.24, 2.45) is 4.99 Å². The van der Waals surface area contributed by atoms with Crippen LogP contribution in [0.25, 0.3) is 0 Å². The number of hydrogen-bond donors (Lipinski definition) is 0. The summed E-state index contributed by atoms with van der Waals surface area (Å²) in [6.07, 6.45) is 0.668. The summed E-state index contributed by atoms with van der Waals surface area (Å²) < 4.78 is 11.9. The molecule has 0 saturated heterocycles. The number of ether oxygens (including phenoxy) is 2. The average Bonchev–Trinajstić information content (AvgIpc) is 2.86. The van der Waals surface area contributed by atoms with E-state index in [1.54, 1.807) is 7.11 Å². The molecule has 0 radical (unpaired) electrons. The van der Waals surface area contributed by atoms with Crippen molar-refractivity contribution in [2.45, 2.75) is 39.5 Å². The maximum atomic E-state index is 6.43. The number of aliphatic imine (C=N–C) groups is 1. The van der Waals surface area contributed by atoms with Gasteiger partial charge in [-0.15, -0.1) is 0 Å². The Kier molecular flexibility index (Phi) is 7.35. The largest absolute Gasteiger partial charge is 0.497 e. The summed E-state index contributed by atoms with van der Waals surface area (Å²) in [4.78, 5) is 7.45. The molecule has 32 heavy (non-hydrogen) atoms. The summed E-state index contributed by atoms with van der Waals surface area (Å²) >= 11 is 0. The highest BCUT2D eigenvalue weighted by molar-refractivity contribution is 6.03. The molecule has 0 saturated carbocycles. The molecule has 0 amide bonds. The van der Waals surface area contributed by atoms with Gasteiger partial charge in [-0.3, -0.25) is 9.89 Å². The third kappa shape index (κ3) is 5.26. The van der Waals surface area contributed by atoms with E-state index in [-0.39, 0.29) is 6.10 Å². The zero-order chi connectivity index (χ0) is 22.3. The molecule has 1 unspecified atom stereocenters. The first-order chi connectivity index (χ1) is 15.7. The minimum atomic E-state index is -0.0701. The Morgan fingerprint density at radius 2 is 1.69 bits per heavy atom. The van der Waals surface area contributed by atoms with E-state index in [1.165, 1.54) is 16.7 Å². The van der Waals surface area contributed by atoms with E-state index in [1.807, 2.05) is 30.3 Å². The van der Waals surface area contributed by atoms with Gasteiger partial charge in [0.2, 0.25) is 0 Å². The Labute approximate surface area is 191 Å². The van der Waals surface area contributed by atoms with E-state index >= 15 is 0 Å². The first kappa shape index (κ1) is 22.3. The Hall–Kier alpha value is -2.95. The molecule has 0 aromatic heterocycles. The predicted octanol–water partition coefficient (Wildman–Crippen LogP) is 6.32. The second-order valence-electron chi connectivity index (χ2n) is 8.13. The summed E-state index contributed by atoms with van der Waals surface area (Å²) in [5, 5.41) is 0. The van der Waals surface area contributed by atoms with E-state index in [4.69, 9.17) is 14.5 Å². The third-order valence-corrected chi connectivity index (χ3v) is 6.07. The van der Waals surface area contributed by atoms with Gasteiger partial charge >= 0.3 is 0 Å². The molecule has 1 heterocycles. The van der Waals surface area contributed by atoms with Crippen LogP contribution in [0.15, 0.2) is 77.8 Å². The number of methoxy groups -OCH3 is 1. The fourth-order valence-corrected chi connectivity index (χ4v) is 4.15. The van der Waals surface area contributed by atoms with Gasteiger partial charge in [-0.25, -0.2) is 0 Å². The minimum absolute atomic E-state index is 0.0701. The maximum absolute atomic E-state index is 6.43. The highest BCUT2D eigenvalue weighted by Crippen LogP contribution is 2.39. The lowest BCUT2D eigenvalue weighted by Gasteiger charge is -2.26. The molecular formula is C28H32N2O2. The zero-order valence-electron chi connectivity index (χ0n) is 19.3. The molecule has 0 N–H and O–H groups in total. The molecule has 0 bridgehead atoms. The van der Waals surface area contributed by atoms with Crippen LogP contribution in [-0.4, -0.2) is 30.8 Å². The van der Waals surface area contributed by atoms with Gasteiger partial charge in [0.15, 0.2) is 0 Å². The molecule has 3 aromatic carbocycles. The lowest BCUT2D eigenvalue weighted by molar-refractivity contribution is 0.0440. The van der Waals surface area contributed by atoms with Crippen molar-refractivity contribution >= 4 is 11.4 Å². The van der Waals surface area contributed by atoms with Crippen LogP contribution in [-0.2, 0) is 17.9 Å². The van der Waals surface area contributed by atoms with Crippen LogP contribution in [0.5, 0.6) is 5.75 Å². The van der Waals surface area contributed by atoms with Crippen LogP contribution >= 0.6 is 0 Å². The van der Waals surface area contributed by atoms with Crippen LogP contribution in [0, 0.1) is 0 Å². The van der Waals surface area contributed by atoms with E-state index in [0.29, 0.717) is 6.61 Å². The average molecular weight is 429 g/mol. The van der Waals surface area contributed by atoms with Gasteiger partial charge < -0.3 is 9.47 Å². The molecule has 4 nitrogen and oxygen atoms in total. The molecule has 4 heteroatoms. The quantitative estimate of drug-likeness (QED) is 0.400. The van der Waals surface area contributed by atoms with Crippen LogP contribution in [0.2, 0.25) is 0 Å². The number of fused-ring (bicyclic) bond motifs is 1. The van der Waals surface area contributed by atoms with Gasteiger partial charge in [0, 0.05) is 18.5 Å². The first-order valence-corrected chi connectivity index (χ1v) is 11.4. The van der Waals surface area contributed by atoms with E-state index in [9.17, 15) is 0 Å². The van der Waals surface area contributed by atoms with E-state index in [2.05, 4.69) is 61.2 Å². The lowest BCUT2D eigenvalue weighted by Crippen LogP contribution is -2.22. The molecular weight excluding hydrogens is 396 g/mol. The van der Waals surface area contributed by atoms with Crippen molar-refractivity contribution in [3.05, 3.63) is 95.1 Å². The van der Waals surface area contributed by atoms with Crippen molar-refractivity contribution in [1.82, 2.24) is 4.90 Å². The standard InChI is InChI=1S/C28H32N2O2/c1-4-30(5-2)19-22-12-9-13-23(16-22)27-18-28(32-20-21-10-7-6-8-11-21)25-17-24(31-3)14-15-26(25)29-27/h6-17,28H,4-5,18-20H2,1-3H3.